The molecule has 2 aromatic rings. The Morgan fingerprint density at radius 2 is 1.34 bits per heavy atom. The van der Waals surface area contributed by atoms with Crippen LogP contribution in [0.3, 0.4) is 0 Å². The SMILES string of the molecule is N#Cc1ccc(S(=O)(=O)N2CCN(S(=O)(=O)c3ccccc3C#N)CC2)cc1Cl. The zero-order valence-corrected chi connectivity index (χ0v) is 17.4. The number of halogens is 1. The molecule has 0 N–H and O–H groups in total. The van der Waals surface area contributed by atoms with Gasteiger partial charge in [-0.15, -0.1) is 0 Å². The molecule has 0 unspecified atom stereocenters. The lowest BCUT2D eigenvalue weighted by Crippen LogP contribution is -2.50. The number of sulfonamides is 2. The van der Waals surface area contributed by atoms with Crippen molar-refractivity contribution in [3.63, 3.8) is 0 Å². The second-order valence-corrected chi connectivity index (χ2v) is 10.4. The molecule has 3 rings (SSSR count). The Morgan fingerprint density at radius 1 is 0.793 bits per heavy atom. The summed E-state index contributed by atoms with van der Waals surface area (Å²) in [7, 11) is -7.81. The van der Waals surface area contributed by atoms with Gasteiger partial charge in [0.05, 0.1) is 25.9 Å². The van der Waals surface area contributed by atoms with E-state index in [0.717, 1.165) is 0 Å². The van der Waals surface area contributed by atoms with Crippen LogP contribution in [0.2, 0.25) is 5.02 Å². The molecule has 1 heterocycles. The lowest BCUT2D eigenvalue weighted by Gasteiger charge is -2.33. The average molecular weight is 451 g/mol. The predicted octanol–water partition coefficient (Wildman–Crippen LogP) is 1.78. The van der Waals surface area contributed by atoms with Crippen LogP contribution in [0.15, 0.2) is 52.3 Å². The van der Waals surface area contributed by atoms with Gasteiger partial charge in [0.25, 0.3) is 0 Å². The van der Waals surface area contributed by atoms with Crippen LogP contribution in [-0.2, 0) is 20.0 Å². The zero-order valence-electron chi connectivity index (χ0n) is 15.0. The van der Waals surface area contributed by atoms with Crippen molar-refractivity contribution in [3.8, 4) is 12.1 Å². The molecule has 1 fully saturated rings. The molecular formula is C18H15ClN4O4S2. The number of rotatable bonds is 4. The standard InChI is InChI=1S/C18H15ClN4O4S2/c19-17-11-16(6-5-14(17)12-20)28(24,25)22-7-9-23(10-8-22)29(26,27)18-4-2-1-3-15(18)13-21/h1-6,11H,7-10H2. The van der Waals surface area contributed by atoms with E-state index in [9.17, 15) is 16.8 Å². The molecular weight excluding hydrogens is 436 g/mol. The number of benzene rings is 2. The molecule has 0 spiro atoms. The highest BCUT2D eigenvalue weighted by Crippen LogP contribution is 2.26. The van der Waals surface area contributed by atoms with Crippen molar-refractivity contribution in [2.75, 3.05) is 26.2 Å². The van der Waals surface area contributed by atoms with Gasteiger partial charge in [-0.05, 0) is 30.3 Å². The smallest absolute Gasteiger partial charge is 0.207 e. The average Bonchev–Trinajstić information content (AvgIpc) is 2.73. The van der Waals surface area contributed by atoms with Crippen LogP contribution < -0.4 is 0 Å². The quantitative estimate of drug-likeness (QED) is 0.699. The molecule has 1 aliphatic heterocycles. The monoisotopic (exact) mass is 450 g/mol. The van der Waals surface area contributed by atoms with Crippen LogP contribution in [0, 0.1) is 22.7 Å². The minimum Gasteiger partial charge on any atom is -0.207 e. The van der Waals surface area contributed by atoms with Crippen molar-refractivity contribution < 1.29 is 16.8 Å². The number of piperazine rings is 1. The summed E-state index contributed by atoms with van der Waals surface area (Å²) in [6.45, 7) is -0.196. The van der Waals surface area contributed by atoms with E-state index in [4.69, 9.17) is 22.1 Å². The molecule has 0 aromatic heterocycles. The fourth-order valence-corrected chi connectivity index (χ4v) is 6.27. The first-order chi connectivity index (χ1) is 13.7. The Labute approximate surface area is 174 Å². The van der Waals surface area contributed by atoms with E-state index in [-0.39, 0.29) is 52.1 Å². The first kappa shape index (κ1) is 21.2. The summed E-state index contributed by atoms with van der Waals surface area (Å²) >= 11 is 5.93. The third kappa shape index (κ3) is 3.99. The molecule has 150 valence electrons. The van der Waals surface area contributed by atoms with E-state index in [1.807, 2.05) is 12.1 Å². The Bertz CT molecular complexity index is 1240. The maximum Gasteiger partial charge on any atom is 0.244 e. The van der Waals surface area contributed by atoms with Gasteiger partial charge in [0.15, 0.2) is 0 Å². The van der Waals surface area contributed by atoms with Crippen molar-refractivity contribution in [1.29, 1.82) is 10.5 Å². The Balaban J connectivity index is 1.81. The topological polar surface area (TPSA) is 122 Å². The summed E-state index contributed by atoms with van der Waals surface area (Å²) in [6, 6.07) is 13.4. The second-order valence-electron chi connectivity index (χ2n) is 6.17. The van der Waals surface area contributed by atoms with Gasteiger partial charge in [-0.3, -0.25) is 0 Å². The summed E-state index contributed by atoms with van der Waals surface area (Å²) < 4.78 is 53.8. The van der Waals surface area contributed by atoms with Gasteiger partial charge >= 0.3 is 0 Å². The van der Waals surface area contributed by atoms with Crippen molar-refractivity contribution in [2.24, 2.45) is 0 Å². The lowest BCUT2D eigenvalue weighted by molar-refractivity contribution is 0.273. The van der Waals surface area contributed by atoms with Gasteiger partial charge in [0.1, 0.15) is 12.1 Å². The third-order valence-electron chi connectivity index (χ3n) is 4.52. The van der Waals surface area contributed by atoms with Gasteiger partial charge in [0, 0.05) is 26.2 Å². The summed E-state index contributed by atoms with van der Waals surface area (Å²) in [4.78, 5) is -0.162. The minimum absolute atomic E-state index is 0.0305. The lowest BCUT2D eigenvalue weighted by atomic mass is 10.2. The molecule has 2 aromatic carbocycles. The largest absolute Gasteiger partial charge is 0.244 e. The minimum atomic E-state index is -3.92. The molecule has 1 aliphatic rings. The maximum atomic E-state index is 12.9. The number of hydrogen-bond donors (Lipinski definition) is 0. The molecule has 1 saturated heterocycles. The predicted molar refractivity (Wildman–Crippen MR) is 105 cm³/mol. The van der Waals surface area contributed by atoms with E-state index in [1.165, 1.54) is 45.0 Å². The Hall–Kier alpha value is -2.47. The molecule has 0 amide bonds. The van der Waals surface area contributed by atoms with Crippen LogP contribution in [-0.4, -0.2) is 51.6 Å². The number of hydrogen-bond acceptors (Lipinski definition) is 6. The van der Waals surface area contributed by atoms with Gasteiger partial charge in [-0.2, -0.15) is 19.1 Å². The highest BCUT2D eigenvalue weighted by Gasteiger charge is 2.34. The van der Waals surface area contributed by atoms with E-state index in [1.54, 1.807) is 6.07 Å². The van der Waals surface area contributed by atoms with Crippen molar-refractivity contribution in [3.05, 3.63) is 58.6 Å². The first-order valence-electron chi connectivity index (χ1n) is 8.41. The highest BCUT2D eigenvalue weighted by atomic mass is 35.5. The molecule has 0 saturated carbocycles. The van der Waals surface area contributed by atoms with Crippen LogP contribution in [0.25, 0.3) is 0 Å². The number of nitriles is 2. The van der Waals surface area contributed by atoms with E-state index in [0.29, 0.717) is 0 Å². The molecule has 8 nitrogen and oxygen atoms in total. The molecule has 0 atom stereocenters. The van der Waals surface area contributed by atoms with Gasteiger partial charge in [-0.25, -0.2) is 16.8 Å². The van der Waals surface area contributed by atoms with Gasteiger partial charge in [0.2, 0.25) is 20.0 Å². The van der Waals surface area contributed by atoms with Crippen LogP contribution >= 0.6 is 11.6 Å². The van der Waals surface area contributed by atoms with Crippen LogP contribution in [0.5, 0.6) is 0 Å². The van der Waals surface area contributed by atoms with Gasteiger partial charge in [-0.1, -0.05) is 23.7 Å². The second kappa shape index (κ2) is 8.11. The van der Waals surface area contributed by atoms with Crippen molar-refractivity contribution in [1.82, 2.24) is 8.61 Å². The number of nitrogens with zero attached hydrogens (tertiary/aromatic N) is 4. The van der Waals surface area contributed by atoms with Crippen molar-refractivity contribution in [2.45, 2.75) is 9.79 Å². The molecule has 0 radical (unpaired) electrons. The van der Waals surface area contributed by atoms with Crippen LogP contribution in [0.1, 0.15) is 11.1 Å². The fraction of sp³-hybridized carbons (Fsp3) is 0.222. The summed E-state index contributed by atoms with van der Waals surface area (Å²) in [5.74, 6) is 0. The van der Waals surface area contributed by atoms with E-state index in [2.05, 4.69) is 0 Å². The normalized spacial score (nSPS) is 16.1. The van der Waals surface area contributed by atoms with E-state index < -0.39 is 20.0 Å². The molecule has 0 bridgehead atoms. The highest BCUT2D eigenvalue weighted by molar-refractivity contribution is 7.89. The summed E-state index contributed by atoms with van der Waals surface area (Å²) in [5, 5.41) is 18.1. The maximum absolute atomic E-state index is 12.9. The Morgan fingerprint density at radius 3 is 1.90 bits per heavy atom. The van der Waals surface area contributed by atoms with Gasteiger partial charge < -0.3 is 0 Å². The first-order valence-corrected chi connectivity index (χ1v) is 11.7. The summed E-state index contributed by atoms with van der Waals surface area (Å²) in [5.41, 5.74) is 0.201. The Kier molecular flexibility index (Phi) is 5.94. The van der Waals surface area contributed by atoms with Crippen molar-refractivity contribution >= 4 is 31.6 Å². The van der Waals surface area contributed by atoms with E-state index >= 15 is 0 Å². The molecule has 11 heteroatoms. The fourth-order valence-electron chi connectivity index (χ4n) is 2.97. The zero-order chi connectivity index (χ0) is 21.2. The van der Waals surface area contributed by atoms with Crippen LogP contribution in [0.4, 0.5) is 0 Å². The third-order valence-corrected chi connectivity index (χ3v) is 8.69. The summed E-state index contributed by atoms with van der Waals surface area (Å²) in [6.07, 6.45) is 0. The molecule has 0 aliphatic carbocycles. The molecule has 29 heavy (non-hydrogen) atoms.